The number of fused-ring (bicyclic) bond motifs is 1. The van der Waals surface area contributed by atoms with Gasteiger partial charge in [0.05, 0.1) is 6.61 Å². The zero-order valence-corrected chi connectivity index (χ0v) is 16.6. The predicted octanol–water partition coefficient (Wildman–Crippen LogP) is 3.15. The fourth-order valence-corrected chi connectivity index (χ4v) is 3.70. The number of carbonyl (C=O) groups excluding carboxylic acids is 1. The molecule has 0 fully saturated rings. The van der Waals surface area contributed by atoms with Gasteiger partial charge in [0.2, 0.25) is 0 Å². The maximum absolute atomic E-state index is 12.2. The van der Waals surface area contributed by atoms with Crippen molar-refractivity contribution in [2.75, 3.05) is 30.9 Å². The summed E-state index contributed by atoms with van der Waals surface area (Å²) in [7, 11) is -3.82. The van der Waals surface area contributed by atoms with Crippen LogP contribution < -0.4 is 9.64 Å². The molecule has 1 aliphatic heterocycles. The van der Waals surface area contributed by atoms with Crippen molar-refractivity contribution in [3.8, 4) is 5.75 Å². The Kier molecular flexibility index (Phi) is 6.13. The van der Waals surface area contributed by atoms with Crippen LogP contribution in [0.25, 0.3) is 5.57 Å². The van der Waals surface area contributed by atoms with Crippen molar-refractivity contribution in [1.82, 2.24) is 0 Å². The van der Waals surface area contributed by atoms with Crippen LogP contribution in [0, 0.1) is 0 Å². The third kappa shape index (κ3) is 4.09. The Morgan fingerprint density at radius 1 is 1.19 bits per heavy atom. The van der Waals surface area contributed by atoms with Crippen molar-refractivity contribution in [3.63, 3.8) is 0 Å². The molecule has 2 rings (SSSR count). The molecule has 0 unspecified atom stereocenters. The van der Waals surface area contributed by atoms with Crippen LogP contribution in [0.2, 0.25) is 0 Å². The lowest BCUT2D eigenvalue weighted by Crippen LogP contribution is -2.22. The Morgan fingerprint density at radius 3 is 2.38 bits per heavy atom. The summed E-state index contributed by atoms with van der Waals surface area (Å²) in [5.41, 5.74) is 2.65. The Labute approximate surface area is 155 Å². The summed E-state index contributed by atoms with van der Waals surface area (Å²) in [6.07, 6.45) is 2.54. The van der Waals surface area contributed by atoms with E-state index in [2.05, 4.69) is 18.7 Å². The molecule has 0 saturated heterocycles. The standard InChI is InChI=1S/C19H25NO5S/c1-6-20(7-2)14-9-10-15-13(4)11-17(25-16(15)12-14)18(26(5,22)23)19(21)24-8-3/h9-12H,6-8H2,1-5H3/b18-17+. The summed E-state index contributed by atoms with van der Waals surface area (Å²) in [4.78, 5) is 13.9. The molecule has 1 aromatic carbocycles. The maximum Gasteiger partial charge on any atom is 0.353 e. The SMILES string of the molecule is CCOC(=O)/C(=C1/C=C(C)c2ccc(N(CC)CC)cc2O1)S(C)(=O)=O. The number of carbonyl (C=O) groups is 1. The number of nitrogens with zero attached hydrogens (tertiary/aromatic N) is 1. The monoisotopic (exact) mass is 379 g/mol. The molecule has 26 heavy (non-hydrogen) atoms. The molecule has 0 spiro atoms. The van der Waals surface area contributed by atoms with Gasteiger partial charge in [-0.1, -0.05) is 0 Å². The van der Waals surface area contributed by atoms with Gasteiger partial charge < -0.3 is 14.4 Å². The molecule has 6 nitrogen and oxygen atoms in total. The fourth-order valence-electron chi connectivity index (χ4n) is 2.87. The average Bonchev–Trinajstić information content (AvgIpc) is 2.54. The van der Waals surface area contributed by atoms with E-state index in [1.165, 1.54) is 0 Å². The van der Waals surface area contributed by atoms with Crippen LogP contribution in [0.1, 0.15) is 33.3 Å². The fraction of sp³-hybridized carbons (Fsp3) is 0.421. The molecule has 0 aromatic heterocycles. The van der Waals surface area contributed by atoms with Crippen LogP contribution in [0.3, 0.4) is 0 Å². The van der Waals surface area contributed by atoms with Crippen LogP contribution in [-0.2, 0) is 19.4 Å². The quantitative estimate of drug-likeness (QED) is 0.558. The van der Waals surface area contributed by atoms with Gasteiger partial charge in [-0.3, -0.25) is 0 Å². The van der Waals surface area contributed by atoms with Crippen molar-refractivity contribution in [2.24, 2.45) is 0 Å². The molecule has 0 saturated carbocycles. The Balaban J connectivity index is 2.59. The number of rotatable bonds is 6. The molecule has 1 heterocycles. The van der Waals surface area contributed by atoms with Crippen molar-refractivity contribution in [2.45, 2.75) is 27.7 Å². The van der Waals surface area contributed by atoms with Gasteiger partial charge in [0.15, 0.2) is 20.5 Å². The summed E-state index contributed by atoms with van der Waals surface area (Å²) >= 11 is 0. The van der Waals surface area contributed by atoms with E-state index in [1.807, 2.05) is 25.1 Å². The summed E-state index contributed by atoms with van der Waals surface area (Å²) in [6.45, 7) is 9.34. The molecule has 0 aliphatic carbocycles. The Hall–Kier alpha value is -2.28. The molecular formula is C19H25NO5S. The zero-order chi connectivity index (χ0) is 19.5. The lowest BCUT2D eigenvalue weighted by Gasteiger charge is -2.25. The molecule has 1 aliphatic rings. The summed E-state index contributed by atoms with van der Waals surface area (Å²) in [6, 6.07) is 5.81. The summed E-state index contributed by atoms with van der Waals surface area (Å²) in [5.74, 6) is -0.389. The minimum absolute atomic E-state index is 0.00681. The number of benzene rings is 1. The lowest BCUT2D eigenvalue weighted by atomic mass is 10.0. The van der Waals surface area contributed by atoms with E-state index in [1.54, 1.807) is 13.0 Å². The van der Waals surface area contributed by atoms with Gasteiger partial charge in [0.1, 0.15) is 5.75 Å². The second-order valence-corrected chi connectivity index (χ2v) is 7.92. The first-order chi connectivity index (χ1) is 12.2. The lowest BCUT2D eigenvalue weighted by molar-refractivity contribution is -0.137. The molecule has 0 radical (unpaired) electrons. The first kappa shape index (κ1) is 20.0. The third-order valence-corrected chi connectivity index (χ3v) is 5.25. The van der Waals surface area contributed by atoms with Crippen LogP contribution in [0.15, 0.2) is 34.9 Å². The van der Waals surface area contributed by atoms with Gasteiger partial charge in [-0.15, -0.1) is 0 Å². The Morgan fingerprint density at radius 2 is 1.85 bits per heavy atom. The average molecular weight is 379 g/mol. The van der Waals surface area contributed by atoms with E-state index < -0.39 is 20.7 Å². The molecule has 1 aromatic rings. The van der Waals surface area contributed by atoms with Gasteiger partial charge in [-0.2, -0.15) is 0 Å². The van der Waals surface area contributed by atoms with E-state index in [9.17, 15) is 13.2 Å². The molecule has 0 bridgehead atoms. The predicted molar refractivity (Wildman–Crippen MR) is 103 cm³/mol. The second-order valence-electron chi connectivity index (χ2n) is 5.97. The topological polar surface area (TPSA) is 72.9 Å². The van der Waals surface area contributed by atoms with E-state index in [-0.39, 0.29) is 12.4 Å². The highest BCUT2D eigenvalue weighted by Crippen LogP contribution is 2.37. The molecular weight excluding hydrogens is 354 g/mol. The summed E-state index contributed by atoms with van der Waals surface area (Å²) in [5, 5.41) is 0. The molecule has 142 valence electrons. The minimum atomic E-state index is -3.82. The van der Waals surface area contributed by atoms with Gasteiger partial charge in [0, 0.05) is 36.7 Å². The third-order valence-electron chi connectivity index (χ3n) is 4.14. The number of ether oxygens (including phenoxy) is 2. The zero-order valence-electron chi connectivity index (χ0n) is 15.8. The first-order valence-electron chi connectivity index (χ1n) is 8.59. The second kappa shape index (κ2) is 7.95. The largest absolute Gasteiger partial charge is 0.462 e. The van der Waals surface area contributed by atoms with E-state index in [0.29, 0.717) is 5.75 Å². The van der Waals surface area contributed by atoms with E-state index in [4.69, 9.17) is 9.47 Å². The molecule has 0 N–H and O–H groups in total. The van der Waals surface area contributed by atoms with Gasteiger partial charge in [-0.05, 0) is 51.5 Å². The molecule has 0 atom stereocenters. The van der Waals surface area contributed by atoms with Crippen molar-refractivity contribution >= 4 is 27.1 Å². The first-order valence-corrected chi connectivity index (χ1v) is 10.5. The highest BCUT2D eigenvalue weighted by atomic mass is 32.2. The molecule has 7 heteroatoms. The number of anilines is 1. The van der Waals surface area contributed by atoms with Gasteiger partial charge >= 0.3 is 5.97 Å². The normalized spacial score (nSPS) is 15.5. The van der Waals surface area contributed by atoms with Crippen LogP contribution >= 0.6 is 0 Å². The number of allylic oxidation sites excluding steroid dienone is 2. The maximum atomic E-state index is 12.2. The van der Waals surface area contributed by atoms with Gasteiger partial charge in [0.25, 0.3) is 0 Å². The number of esters is 1. The van der Waals surface area contributed by atoms with Crippen LogP contribution in [0.5, 0.6) is 5.75 Å². The number of sulfone groups is 1. The van der Waals surface area contributed by atoms with E-state index in [0.717, 1.165) is 36.2 Å². The summed E-state index contributed by atoms with van der Waals surface area (Å²) < 4.78 is 35.1. The van der Waals surface area contributed by atoms with Crippen molar-refractivity contribution < 1.29 is 22.7 Å². The van der Waals surface area contributed by atoms with Gasteiger partial charge in [-0.25, -0.2) is 13.2 Å². The minimum Gasteiger partial charge on any atom is -0.462 e. The van der Waals surface area contributed by atoms with Crippen molar-refractivity contribution in [1.29, 1.82) is 0 Å². The van der Waals surface area contributed by atoms with E-state index >= 15 is 0 Å². The highest BCUT2D eigenvalue weighted by molar-refractivity contribution is 7.95. The van der Waals surface area contributed by atoms with Crippen LogP contribution in [0.4, 0.5) is 5.69 Å². The van der Waals surface area contributed by atoms with Crippen molar-refractivity contribution in [3.05, 3.63) is 40.5 Å². The highest BCUT2D eigenvalue weighted by Gasteiger charge is 2.30. The van der Waals surface area contributed by atoms with Crippen LogP contribution in [-0.4, -0.2) is 40.3 Å². The number of hydrogen-bond acceptors (Lipinski definition) is 6. The smallest absolute Gasteiger partial charge is 0.353 e. The Bertz CT molecular complexity index is 864. The molecule has 0 amide bonds. The number of hydrogen-bond donors (Lipinski definition) is 0.